The number of methoxy groups -OCH3 is 1. The SMILES string of the molecule is COC(=O)c1ccc(N2CCOCC2)c(NC(=O)c2cc(Br)ccc2Cl)c1. The van der Waals surface area contributed by atoms with Crippen molar-refractivity contribution < 1.29 is 19.1 Å². The van der Waals surface area contributed by atoms with Crippen LogP contribution in [-0.2, 0) is 9.47 Å². The molecule has 0 unspecified atom stereocenters. The fourth-order valence-electron chi connectivity index (χ4n) is 2.82. The molecule has 1 N–H and O–H groups in total. The molecule has 142 valence electrons. The average Bonchev–Trinajstić information content (AvgIpc) is 2.69. The van der Waals surface area contributed by atoms with Gasteiger partial charge in [-0.15, -0.1) is 0 Å². The molecule has 1 heterocycles. The number of amides is 1. The van der Waals surface area contributed by atoms with Gasteiger partial charge in [-0.05, 0) is 36.4 Å². The van der Waals surface area contributed by atoms with Gasteiger partial charge in [0.15, 0.2) is 0 Å². The summed E-state index contributed by atoms with van der Waals surface area (Å²) >= 11 is 9.51. The number of carbonyl (C=O) groups is 2. The molecule has 1 saturated heterocycles. The first kappa shape index (κ1) is 19.7. The van der Waals surface area contributed by atoms with Crippen LogP contribution in [0.4, 0.5) is 11.4 Å². The van der Waals surface area contributed by atoms with Crippen LogP contribution in [0.5, 0.6) is 0 Å². The Balaban J connectivity index is 1.96. The van der Waals surface area contributed by atoms with Gasteiger partial charge in [-0.2, -0.15) is 0 Å². The van der Waals surface area contributed by atoms with Gasteiger partial charge in [-0.25, -0.2) is 4.79 Å². The predicted octanol–water partition coefficient (Wildman–Crippen LogP) is 3.98. The van der Waals surface area contributed by atoms with Crippen molar-refractivity contribution in [3.05, 3.63) is 57.0 Å². The molecule has 2 aromatic rings. The molecule has 27 heavy (non-hydrogen) atoms. The molecule has 3 rings (SSSR count). The van der Waals surface area contributed by atoms with E-state index >= 15 is 0 Å². The van der Waals surface area contributed by atoms with E-state index in [4.69, 9.17) is 21.1 Å². The quantitative estimate of drug-likeness (QED) is 0.709. The molecular formula is C19H18BrClN2O4. The van der Waals surface area contributed by atoms with Crippen LogP contribution in [0, 0.1) is 0 Å². The van der Waals surface area contributed by atoms with Crippen molar-refractivity contribution in [2.24, 2.45) is 0 Å². The minimum Gasteiger partial charge on any atom is -0.465 e. The zero-order valence-electron chi connectivity index (χ0n) is 14.6. The Hall–Kier alpha value is -2.09. The van der Waals surface area contributed by atoms with Crippen LogP contribution >= 0.6 is 27.5 Å². The number of carbonyl (C=O) groups excluding carboxylic acids is 2. The number of ether oxygens (including phenoxy) is 2. The zero-order valence-corrected chi connectivity index (χ0v) is 17.0. The number of nitrogens with one attached hydrogen (secondary N) is 1. The highest BCUT2D eigenvalue weighted by atomic mass is 79.9. The van der Waals surface area contributed by atoms with Gasteiger partial charge in [-0.1, -0.05) is 27.5 Å². The van der Waals surface area contributed by atoms with E-state index in [1.54, 1.807) is 36.4 Å². The largest absolute Gasteiger partial charge is 0.465 e. The van der Waals surface area contributed by atoms with Gasteiger partial charge in [0.05, 0.1) is 47.8 Å². The Morgan fingerprint density at radius 2 is 1.93 bits per heavy atom. The fraction of sp³-hybridized carbons (Fsp3) is 0.263. The van der Waals surface area contributed by atoms with Crippen molar-refractivity contribution in [2.75, 3.05) is 43.6 Å². The Bertz CT molecular complexity index is 869. The summed E-state index contributed by atoms with van der Waals surface area (Å²) in [5, 5.41) is 3.22. The summed E-state index contributed by atoms with van der Waals surface area (Å²) in [4.78, 5) is 26.8. The number of hydrogen-bond acceptors (Lipinski definition) is 5. The lowest BCUT2D eigenvalue weighted by Crippen LogP contribution is -2.36. The molecule has 2 aromatic carbocycles. The first-order valence-electron chi connectivity index (χ1n) is 8.31. The highest BCUT2D eigenvalue weighted by Crippen LogP contribution is 2.30. The van der Waals surface area contributed by atoms with Crippen molar-refractivity contribution in [3.63, 3.8) is 0 Å². The van der Waals surface area contributed by atoms with Gasteiger partial charge < -0.3 is 19.7 Å². The maximum atomic E-state index is 12.8. The number of benzene rings is 2. The second kappa shape index (κ2) is 8.73. The standard InChI is InChI=1S/C19H18BrClN2O4/c1-26-19(25)12-2-5-17(23-6-8-27-9-7-23)16(10-12)22-18(24)14-11-13(20)3-4-15(14)21/h2-5,10-11H,6-9H2,1H3,(H,22,24). The number of rotatable bonds is 4. The number of morpholine rings is 1. The van der Waals surface area contributed by atoms with Crippen LogP contribution in [0.2, 0.25) is 5.02 Å². The molecule has 8 heteroatoms. The highest BCUT2D eigenvalue weighted by Gasteiger charge is 2.20. The van der Waals surface area contributed by atoms with Crippen molar-refractivity contribution in [3.8, 4) is 0 Å². The molecule has 0 saturated carbocycles. The maximum absolute atomic E-state index is 12.8. The Labute approximate surface area is 170 Å². The third kappa shape index (κ3) is 4.61. The molecule has 0 spiro atoms. The molecule has 1 amide bonds. The van der Waals surface area contributed by atoms with Crippen LogP contribution in [0.1, 0.15) is 20.7 Å². The molecule has 0 aliphatic carbocycles. The third-order valence-electron chi connectivity index (χ3n) is 4.19. The second-order valence-corrected chi connectivity index (χ2v) is 7.22. The van der Waals surface area contributed by atoms with Crippen LogP contribution < -0.4 is 10.2 Å². The summed E-state index contributed by atoms with van der Waals surface area (Å²) in [6.45, 7) is 2.59. The molecule has 0 bridgehead atoms. The van der Waals surface area contributed by atoms with Gasteiger partial charge in [0, 0.05) is 17.6 Å². The second-order valence-electron chi connectivity index (χ2n) is 5.90. The molecular weight excluding hydrogens is 436 g/mol. The lowest BCUT2D eigenvalue weighted by Gasteiger charge is -2.30. The summed E-state index contributed by atoms with van der Waals surface area (Å²) in [7, 11) is 1.32. The summed E-state index contributed by atoms with van der Waals surface area (Å²) in [5.74, 6) is -0.836. The summed E-state index contributed by atoms with van der Waals surface area (Å²) < 4.78 is 10.9. The van der Waals surface area contributed by atoms with Crippen molar-refractivity contribution in [2.45, 2.75) is 0 Å². The Kier molecular flexibility index (Phi) is 6.36. The van der Waals surface area contributed by atoms with Gasteiger partial charge in [0.1, 0.15) is 0 Å². The topological polar surface area (TPSA) is 67.9 Å². The van der Waals surface area contributed by atoms with Crippen LogP contribution in [-0.4, -0.2) is 45.3 Å². The average molecular weight is 454 g/mol. The van der Waals surface area contributed by atoms with Crippen LogP contribution in [0.15, 0.2) is 40.9 Å². The fourth-order valence-corrected chi connectivity index (χ4v) is 3.39. The summed E-state index contributed by atoms with van der Waals surface area (Å²) in [6, 6.07) is 10.1. The van der Waals surface area contributed by atoms with E-state index in [1.807, 2.05) is 0 Å². The smallest absolute Gasteiger partial charge is 0.337 e. The van der Waals surface area contributed by atoms with Gasteiger partial charge in [0.2, 0.25) is 0 Å². The molecule has 0 aromatic heterocycles. The first-order chi connectivity index (χ1) is 13.0. The highest BCUT2D eigenvalue weighted by molar-refractivity contribution is 9.10. The third-order valence-corrected chi connectivity index (χ3v) is 5.01. The zero-order chi connectivity index (χ0) is 19.4. The minimum absolute atomic E-state index is 0.336. The van der Waals surface area contributed by atoms with Crippen molar-refractivity contribution in [1.29, 1.82) is 0 Å². The number of halogens is 2. The Morgan fingerprint density at radius 3 is 2.63 bits per heavy atom. The number of hydrogen-bond donors (Lipinski definition) is 1. The van der Waals surface area contributed by atoms with Crippen LogP contribution in [0.3, 0.4) is 0 Å². The number of esters is 1. The molecule has 1 aliphatic rings. The summed E-state index contributed by atoms with van der Waals surface area (Å²) in [6.07, 6.45) is 0. The van der Waals surface area contributed by atoms with Gasteiger partial charge in [-0.3, -0.25) is 4.79 Å². The molecule has 1 fully saturated rings. The van der Waals surface area contributed by atoms with Gasteiger partial charge in [0.25, 0.3) is 5.91 Å². The lowest BCUT2D eigenvalue weighted by atomic mass is 10.1. The molecule has 6 nitrogen and oxygen atoms in total. The Morgan fingerprint density at radius 1 is 1.19 bits per heavy atom. The normalized spacial score (nSPS) is 14.0. The van der Waals surface area contributed by atoms with E-state index in [2.05, 4.69) is 26.1 Å². The molecule has 0 radical (unpaired) electrons. The van der Waals surface area contributed by atoms with E-state index in [1.165, 1.54) is 7.11 Å². The minimum atomic E-state index is -0.473. The van der Waals surface area contributed by atoms with E-state index in [0.717, 1.165) is 10.2 Å². The number of anilines is 2. The van der Waals surface area contributed by atoms with E-state index in [0.29, 0.717) is 48.1 Å². The van der Waals surface area contributed by atoms with Gasteiger partial charge >= 0.3 is 5.97 Å². The molecule has 1 aliphatic heterocycles. The first-order valence-corrected chi connectivity index (χ1v) is 9.48. The van der Waals surface area contributed by atoms with Crippen LogP contribution in [0.25, 0.3) is 0 Å². The lowest BCUT2D eigenvalue weighted by molar-refractivity contribution is 0.0600. The van der Waals surface area contributed by atoms with E-state index in [9.17, 15) is 9.59 Å². The summed E-state index contributed by atoms with van der Waals surface area (Å²) in [5.41, 5.74) is 2.01. The van der Waals surface area contributed by atoms with Crippen molar-refractivity contribution in [1.82, 2.24) is 0 Å². The number of nitrogens with zero attached hydrogens (tertiary/aromatic N) is 1. The predicted molar refractivity (Wildman–Crippen MR) is 108 cm³/mol. The maximum Gasteiger partial charge on any atom is 0.337 e. The van der Waals surface area contributed by atoms with Crippen molar-refractivity contribution >= 4 is 50.8 Å². The van der Waals surface area contributed by atoms with E-state index < -0.39 is 5.97 Å². The monoisotopic (exact) mass is 452 g/mol. The van der Waals surface area contributed by atoms with E-state index in [-0.39, 0.29) is 5.91 Å². The molecule has 0 atom stereocenters.